The van der Waals surface area contributed by atoms with Crippen LogP contribution >= 0.6 is 0 Å². The fourth-order valence-corrected chi connectivity index (χ4v) is 3.55. The summed E-state index contributed by atoms with van der Waals surface area (Å²) in [6.45, 7) is 8.36. The predicted octanol–water partition coefficient (Wildman–Crippen LogP) is 2.08. The highest BCUT2D eigenvalue weighted by Crippen LogP contribution is 2.37. The Bertz CT molecular complexity index is 707. The van der Waals surface area contributed by atoms with Crippen LogP contribution in [0.5, 0.6) is 0 Å². The van der Waals surface area contributed by atoms with E-state index in [1.54, 1.807) is 17.9 Å². The molecule has 2 saturated heterocycles. The van der Waals surface area contributed by atoms with Crippen LogP contribution in [0.3, 0.4) is 0 Å². The zero-order chi connectivity index (χ0) is 18.5. The van der Waals surface area contributed by atoms with Gasteiger partial charge in [-0.2, -0.15) is 0 Å². The third-order valence-electron chi connectivity index (χ3n) is 4.54. The fraction of sp³-hybridized carbons (Fsp3) is 0.625. The number of nitro groups is 1. The zero-order valence-corrected chi connectivity index (χ0v) is 14.9. The predicted molar refractivity (Wildman–Crippen MR) is 92.5 cm³/mol. The largest absolute Gasteiger partial charge is 0.444 e. The standard InChI is InChI=1S/C16H23N5O4/c1-9-5-12(18-14(17)13(9)21(23)24)19-7-11-6-10(19)8-20(11)15(22)25-16(2,3)4/h5,10-11H,6-8H2,1-4H3,(H2,17,18)/t10-,11-/m1/s1. The highest BCUT2D eigenvalue weighted by atomic mass is 16.6. The van der Waals surface area contributed by atoms with E-state index in [1.807, 2.05) is 20.8 Å². The van der Waals surface area contributed by atoms with Crippen molar-refractivity contribution in [3.05, 3.63) is 21.7 Å². The Morgan fingerprint density at radius 2 is 2.08 bits per heavy atom. The first-order valence-corrected chi connectivity index (χ1v) is 8.24. The first-order valence-electron chi connectivity index (χ1n) is 8.24. The first-order chi connectivity index (χ1) is 11.6. The molecule has 3 rings (SSSR count). The molecule has 2 fully saturated rings. The number of hydrogen-bond acceptors (Lipinski definition) is 7. The number of nitrogens with zero attached hydrogens (tertiary/aromatic N) is 4. The molecule has 136 valence electrons. The summed E-state index contributed by atoms with van der Waals surface area (Å²) in [5.74, 6) is 0.545. The second-order valence-corrected chi connectivity index (χ2v) is 7.62. The lowest BCUT2D eigenvalue weighted by molar-refractivity contribution is -0.384. The molecule has 1 aromatic rings. The second kappa shape index (κ2) is 5.75. The van der Waals surface area contributed by atoms with Crippen molar-refractivity contribution in [2.45, 2.75) is 51.8 Å². The number of hydrogen-bond donors (Lipinski definition) is 1. The number of nitrogen functional groups attached to an aromatic ring is 1. The van der Waals surface area contributed by atoms with E-state index in [4.69, 9.17) is 10.5 Å². The highest BCUT2D eigenvalue weighted by Gasteiger charge is 2.47. The minimum absolute atomic E-state index is 0.0540. The van der Waals surface area contributed by atoms with Crippen molar-refractivity contribution >= 4 is 23.4 Å². The molecule has 2 bridgehead atoms. The summed E-state index contributed by atoms with van der Waals surface area (Å²) in [5, 5.41) is 11.0. The average Bonchev–Trinajstić information content (AvgIpc) is 3.04. The van der Waals surface area contributed by atoms with Gasteiger partial charge in [-0.15, -0.1) is 0 Å². The van der Waals surface area contributed by atoms with E-state index in [2.05, 4.69) is 9.88 Å². The summed E-state index contributed by atoms with van der Waals surface area (Å²) in [7, 11) is 0. The number of aryl methyl sites for hydroxylation is 1. The van der Waals surface area contributed by atoms with Gasteiger partial charge in [-0.25, -0.2) is 9.78 Å². The Labute approximate surface area is 145 Å². The second-order valence-electron chi connectivity index (χ2n) is 7.62. The van der Waals surface area contributed by atoms with E-state index < -0.39 is 10.5 Å². The van der Waals surface area contributed by atoms with Crippen molar-refractivity contribution in [1.82, 2.24) is 9.88 Å². The Kier molecular flexibility index (Phi) is 3.97. The van der Waals surface area contributed by atoms with Crippen LogP contribution in [0.1, 0.15) is 32.8 Å². The number of fused-ring (bicyclic) bond motifs is 2. The molecule has 0 aromatic carbocycles. The van der Waals surface area contributed by atoms with Gasteiger partial charge in [0.1, 0.15) is 11.4 Å². The van der Waals surface area contributed by atoms with Gasteiger partial charge in [-0.3, -0.25) is 10.1 Å². The van der Waals surface area contributed by atoms with Gasteiger partial charge in [0.15, 0.2) is 0 Å². The Balaban J connectivity index is 1.75. The topological polar surface area (TPSA) is 115 Å². The molecule has 2 atom stereocenters. The van der Waals surface area contributed by atoms with Crippen LogP contribution in [0, 0.1) is 17.0 Å². The number of pyridine rings is 1. The molecule has 3 heterocycles. The molecule has 2 N–H and O–H groups in total. The number of nitrogens with two attached hydrogens (primary N) is 1. The number of aromatic nitrogens is 1. The van der Waals surface area contributed by atoms with Gasteiger partial charge in [0, 0.05) is 18.7 Å². The minimum Gasteiger partial charge on any atom is -0.444 e. The van der Waals surface area contributed by atoms with Gasteiger partial charge >= 0.3 is 11.8 Å². The Morgan fingerprint density at radius 1 is 1.40 bits per heavy atom. The maximum atomic E-state index is 12.3. The summed E-state index contributed by atoms with van der Waals surface area (Å²) in [4.78, 5) is 30.9. The molecule has 2 aliphatic rings. The van der Waals surface area contributed by atoms with Crippen LogP contribution in [-0.4, -0.2) is 51.7 Å². The van der Waals surface area contributed by atoms with Crippen molar-refractivity contribution < 1.29 is 14.5 Å². The monoisotopic (exact) mass is 349 g/mol. The van der Waals surface area contributed by atoms with Crippen LogP contribution in [0.2, 0.25) is 0 Å². The van der Waals surface area contributed by atoms with E-state index in [0.29, 0.717) is 24.5 Å². The van der Waals surface area contributed by atoms with E-state index in [0.717, 1.165) is 6.42 Å². The molecule has 0 saturated carbocycles. The maximum absolute atomic E-state index is 12.3. The molecule has 0 spiro atoms. The van der Waals surface area contributed by atoms with Gasteiger partial charge in [0.25, 0.3) is 0 Å². The molecule has 1 amide bonds. The number of carbonyl (C=O) groups excluding carboxylic acids is 1. The minimum atomic E-state index is -0.524. The smallest absolute Gasteiger partial charge is 0.410 e. The van der Waals surface area contributed by atoms with E-state index in [-0.39, 0.29) is 29.7 Å². The number of carbonyl (C=O) groups is 1. The highest BCUT2D eigenvalue weighted by molar-refractivity contribution is 5.70. The lowest BCUT2D eigenvalue weighted by atomic mass is 10.2. The first kappa shape index (κ1) is 17.2. The van der Waals surface area contributed by atoms with Crippen LogP contribution in [0.4, 0.5) is 22.1 Å². The molecule has 9 nitrogen and oxygen atoms in total. The number of rotatable bonds is 2. The number of amides is 1. The lowest BCUT2D eigenvalue weighted by Gasteiger charge is -2.35. The number of piperazine rings is 1. The Morgan fingerprint density at radius 3 is 2.56 bits per heavy atom. The molecule has 0 aliphatic carbocycles. The van der Waals surface area contributed by atoms with Crippen LogP contribution in [-0.2, 0) is 4.74 Å². The van der Waals surface area contributed by atoms with Gasteiger partial charge in [-0.1, -0.05) is 0 Å². The number of ether oxygens (including phenoxy) is 1. The molecule has 9 heteroatoms. The van der Waals surface area contributed by atoms with Gasteiger partial charge in [0.05, 0.1) is 17.0 Å². The maximum Gasteiger partial charge on any atom is 0.410 e. The van der Waals surface area contributed by atoms with Gasteiger partial charge in [0.2, 0.25) is 5.82 Å². The number of anilines is 2. The third kappa shape index (κ3) is 3.18. The van der Waals surface area contributed by atoms with E-state index in [9.17, 15) is 14.9 Å². The summed E-state index contributed by atoms with van der Waals surface area (Å²) in [6.07, 6.45) is 0.531. The fourth-order valence-electron chi connectivity index (χ4n) is 3.55. The van der Waals surface area contributed by atoms with Crippen molar-refractivity contribution in [3.63, 3.8) is 0 Å². The molecular weight excluding hydrogens is 326 g/mol. The molecule has 25 heavy (non-hydrogen) atoms. The average molecular weight is 349 g/mol. The van der Waals surface area contributed by atoms with Crippen molar-refractivity contribution in [3.8, 4) is 0 Å². The lowest BCUT2D eigenvalue weighted by Crippen LogP contribution is -2.50. The SMILES string of the molecule is Cc1cc(N2C[C@H]3C[C@@H]2CN3C(=O)OC(C)(C)C)nc(N)c1[N+](=O)[O-]. The Hall–Kier alpha value is -2.58. The molecular formula is C16H23N5O4. The summed E-state index contributed by atoms with van der Waals surface area (Å²) in [5.41, 5.74) is 5.58. The molecule has 1 aromatic heterocycles. The third-order valence-corrected chi connectivity index (χ3v) is 4.54. The van der Waals surface area contributed by atoms with Crippen molar-refractivity contribution in [2.75, 3.05) is 23.7 Å². The van der Waals surface area contributed by atoms with Crippen LogP contribution in [0.15, 0.2) is 6.07 Å². The summed E-state index contributed by atoms with van der Waals surface area (Å²) in [6, 6.07) is 1.86. The summed E-state index contributed by atoms with van der Waals surface area (Å²) < 4.78 is 5.45. The van der Waals surface area contributed by atoms with Gasteiger partial charge in [-0.05, 0) is 40.2 Å². The normalized spacial score (nSPS) is 22.4. The van der Waals surface area contributed by atoms with Crippen LogP contribution in [0.25, 0.3) is 0 Å². The van der Waals surface area contributed by atoms with E-state index in [1.165, 1.54) is 0 Å². The zero-order valence-electron chi connectivity index (χ0n) is 14.9. The van der Waals surface area contributed by atoms with Crippen molar-refractivity contribution in [1.29, 1.82) is 0 Å². The summed E-state index contributed by atoms with van der Waals surface area (Å²) >= 11 is 0. The molecule has 2 aliphatic heterocycles. The molecule has 0 radical (unpaired) electrons. The molecule has 0 unspecified atom stereocenters. The van der Waals surface area contributed by atoms with Crippen LogP contribution < -0.4 is 10.6 Å². The number of likely N-dealkylation sites (tertiary alicyclic amines) is 1. The van der Waals surface area contributed by atoms with E-state index >= 15 is 0 Å². The van der Waals surface area contributed by atoms with Gasteiger partial charge < -0.3 is 20.3 Å². The van der Waals surface area contributed by atoms with Crippen molar-refractivity contribution in [2.24, 2.45) is 0 Å². The quantitative estimate of drug-likeness (QED) is 0.642.